The average Bonchev–Trinajstić information content (AvgIpc) is 2.52. The Bertz CT molecular complexity index is 562. The van der Waals surface area contributed by atoms with Crippen molar-refractivity contribution >= 4 is 39.6 Å². The van der Waals surface area contributed by atoms with Crippen molar-refractivity contribution in [2.75, 3.05) is 5.73 Å². The van der Waals surface area contributed by atoms with E-state index in [1.165, 1.54) is 0 Å². The van der Waals surface area contributed by atoms with E-state index in [-0.39, 0.29) is 18.9 Å². The van der Waals surface area contributed by atoms with Gasteiger partial charge in [0.2, 0.25) is 5.95 Å². The van der Waals surface area contributed by atoms with E-state index in [1.54, 1.807) is 4.57 Å². The molecule has 0 bridgehead atoms. The first-order chi connectivity index (χ1) is 8.37. The number of aryl methyl sites for hydroxylation is 1. The lowest BCUT2D eigenvalue weighted by atomic mass is 10.3. The Morgan fingerprint density at radius 1 is 1.33 bits per heavy atom. The number of nitrogens with two attached hydrogens (primary N) is 1. The molecule has 0 atom stereocenters. The molecule has 3 nitrogen and oxygen atoms in total. The summed E-state index contributed by atoms with van der Waals surface area (Å²) in [7, 11) is 0. The van der Waals surface area contributed by atoms with Crippen molar-refractivity contribution in [3.63, 3.8) is 0 Å². The molecule has 0 unspecified atom stereocenters. The largest absolute Gasteiger partial charge is 0.389 e. The van der Waals surface area contributed by atoms with Crippen LogP contribution in [0.15, 0.2) is 18.2 Å². The van der Waals surface area contributed by atoms with Crippen LogP contribution in [-0.2, 0) is 6.54 Å². The van der Waals surface area contributed by atoms with Crippen molar-refractivity contribution in [2.24, 2.45) is 0 Å². The van der Waals surface area contributed by atoms with Crippen LogP contribution in [0, 0.1) is 3.57 Å². The van der Waals surface area contributed by atoms with Crippen molar-refractivity contribution in [3.05, 3.63) is 21.8 Å². The number of nitrogens with zero attached hydrogens (tertiary/aromatic N) is 2. The molecule has 0 amide bonds. The SMILES string of the molecule is Nc1nc2cc(I)ccc2n1CCCC(F)(F)F. The lowest BCUT2D eigenvalue weighted by Crippen LogP contribution is -2.10. The maximum Gasteiger partial charge on any atom is 0.389 e. The number of nitrogen functional groups attached to an aromatic ring is 1. The summed E-state index contributed by atoms with van der Waals surface area (Å²) >= 11 is 2.15. The molecule has 0 aliphatic heterocycles. The number of rotatable bonds is 3. The third-order valence-corrected chi connectivity index (χ3v) is 3.25. The minimum absolute atomic E-state index is 0.00511. The number of alkyl halides is 3. The lowest BCUT2D eigenvalue weighted by molar-refractivity contribution is -0.135. The van der Waals surface area contributed by atoms with Crippen LogP contribution in [-0.4, -0.2) is 15.7 Å². The Kier molecular flexibility index (Phi) is 3.69. The summed E-state index contributed by atoms with van der Waals surface area (Å²) in [6, 6.07) is 5.56. The van der Waals surface area contributed by atoms with Crippen LogP contribution < -0.4 is 5.73 Å². The Balaban J connectivity index is 2.20. The fraction of sp³-hybridized carbons (Fsp3) is 0.364. The highest BCUT2D eigenvalue weighted by atomic mass is 127. The van der Waals surface area contributed by atoms with Gasteiger partial charge in [-0.05, 0) is 47.2 Å². The third-order valence-electron chi connectivity index (χ3n) is 2.58. The number of benzene rings is 1. The highest BCUT2D eigenvalue weighted by Gasteiger charge is 2.26. The van der Waals surface area contributed by atoms with E-state index in [0.29, 0.717) is 5.52 Å². The molecule has 1 aromatic carbocycles. The number of halogens is 4. The number of fused-ring (bicyclic) bond motifs is 1. The van der Waals surface area contributed by atoms with Crippen LogP contribution in [0.4, 0.5) is 19.1 Å². The van der Waals surface area contributed by atoms with E-state index >= 15 is 0 Å². The van der Waals surface area contributed by atoms with Gasteiger partial charge in [-0.3, -0.25) is 0 Å². The minimum atomic E-state index is -4.12. The lowest BCUT2D eigenvalue weighted by Gasteiger charge is -2.08. The number of imidazole rings is 1. The van der Waals surface area contributed by atoms with Gasteiger partial charge in [-0.15, -0.1) is 0 Å². The quantitative estimate of drug-likeness (QED) is 0.841. The monoisotopic (exact) mass is 369 g/mol. The van der Waals surface area contributed by atoms with Gasteiger partial charge in [0, 0.05) is 16.5 Å². The zero-order chi connectivity index (χ0) is 13.3. The van der Waals surface area contributed by atoms with Gasteiger partial charge in [0.25, 0.3) is 0 Å². The fourth-order valence-corrected chi connectivity index (χ4v) is 2.27. The molecule has 2 N–H and O–H groups in total. The fourth-order valence-electron chi connectivity index (χ4n) is 1.79. The van der Waals surface area contributed by atoms with Gasteiger partial charge < -0.3 is 10.3 Å². The highest BCUT2D eigenvalue weighted by Crippen LogP contribution is 2.24. The normalized spacial score (nSPS) is 12.2. The summed E-state index contributed by atoms with van der Waals surface area (Å²) in [4.78, 5) is 4.14. The van der Waals surface area contributed by atoms with Gasteiger partial charge in [-0.2, -0.15) is 13.2 Å². The van der Waals surface area contributed by atoms with Gasteiger partial charge in [-0.1, -0.05) is 0 Å². The molecule has 0 saturated heterocycles. The smallest absolute Gasteiger partial charge is 0.369 e. The first kappa shape index (κ1) is 13.4. The number of hydrogen-bond acceptors (Lipinski definition) is 2. The van der Waals surface area contributed by atoms with E-state index in [0.717, 1.165) is 9.09 Å². The van der Waals surface area contributed by atoms with Crippen molar-refractivity contribution in [1.82, 2.24) is 9.55 Å². The van der Waals surface area contributed by atoms with Crippen molar-refractivity contribution in [2.45, 2.75) is 25.6 Å². The Morgan fingerprint density at radius 2 is 2.06 bits per heavy atom. The highest BCUT2D eigenvalue weighted by molar-refractivity contribution is 14.1. The van der Waals surface area contributed by atoms with E-state index in [2.05, 4.69) is 27.6 Å². The summed E-state index contributed by atoms with van der Waals surface area (Å²) in [5, 5.41) is 0. The molecular weight excluding hydrogens is 358 g/mol. The minimum Gasteiger partial charge on any atom is -0.369 e. The predicted molar refractivity (Wildman–Crippen MR) is 72.2 cm³/mol. The Labute approximate surface area is 115 Å². The van der Waals surface area contributed by atoms with Crippen LogP contribution in [0.25, 0.3) is 11.0 Å². The zero-order valence-electron chi connectivity index (χ0n) is 9.34. The van der Waals surface area contributed by atoms with E-state index < -0.39 is 12.6 Å². The molecule has 7 heteroatoms. The van der Waals surface area contributed by atoms with Gasteiger partial charge >= 0.3 is 6.18 Å². The van der Waals surface area contributed by atoms with Crippen LogP contribution >= 0.6 is 22.6 Å². The van der Waals surface area contributed by atoms with Gasteiger partial charge in [0.15, 0.2) is 0 Å². The standard InChI is InChI=1S/C11H11F3IN3/c12-11(13,14)4-1-5-18-9-3-2-7(15)6-8(9)17-10(18)16/h2-3,6H,1,4-5H2,(H2,16,17). The van der Waals surface area contributed by atoms with E-state index in [9.17, 15) is 13.2 Å². The summed E-state index contributed by atoms with van der Waals surface area (Å²) in [5.74, 6) is 0.258. The zero-order valence-corrected chi connectivity index (χ0v) is 11.5. The maximum absolute atomic E-state index is 12.1. The van der Waals surface area contributed by atoms with Crippen molar-refractivity contribution in [3.8, 4) is 0 Å². The first-order valence-electron chi connectivity index (χ1n) is 5.35. The molecule has 2 aromatic rings. The molecule has 0 spiro atoms. The summed E-state index contributed by atoms with van der Waals surface area (Å²) in [5.41, 5.74) is 7.21. The number of aromatic nitrogens is 2. The molecule has 0 aliphatic rings. The second-order valence-electron chi connectivity index (χ2n) is 3.97. The number of hydrogen-bond donors (Lipinski definition) is 1. The molecule has 1 aromatic heterocycles. The van der Waals surface area contributed by atoms with Gasteiger partial charge in [-0.25, -0.2) is 4.98 Å². The van der Waals surface area contributed by atoms with Crippen molar-refractivity contribution < 1.29 is 13.2 Å². The van der Waals surface area contributed by atoms with Gasteiger partial charge in [0.1, 0.15) is 0 Å². The third kappa shape index (κ3) is 3.06. The molecule has 18 heavy (non-hydrogen) atoms. The van der Waals surface area contributed by atoms with Crippen molar-refractivity contribution in [1.29, 1.82) is 0 Å². The number of anilines is 1. The van der Waals surface area contributed by atoms with Crippen LogP contribution in [0.3, 0.4) is 0 Å². The van der Waals surface area contributed by atoms with Crippen LogP contribution in [0.1, 0.15) is 12.8 Å². The predicted octanol–water partition coefficient (Wildman–Crippen LogP) is 3.57. The van der Waals surface area contributed by atoms with E-state index in [1.807, 2.05) is 18.2 Å². The van der Waals surface area contributed by atoms with Gasteiger partial charge in [0.05, 0.1) is 11.0 Å². The summed E-state index contributed by atoms with van der Waals surface area (Å²) in [6.07, 6.45) is -4.93. The molecular formula is C11H11F3IN3. The van der Waals surface area contributed by atoms with Crippen LogP contribution in [0.5, 0.6) is 0 Å². The molecule has 0 fully saturated rings. The van der Waals surface area contributed by atoms with E-state index in [4.69, 9.17) is 5.73 Å². The van der Waals surface area contributed by atoms with Crippen LogP contribution in [0.2, 0.25) is 0 Å². The second-order valence-corrected chi connectivity index (χ2v) is 5.22. The topological polar surface area (TPSA) is 43.8 Å². The maximum atomic E-state index is 12.1. The molecule has 0 radical (unpaired) electrons. The Morgan fingerprint density at radius 3 is 2.72 bits per heavy atom. The molecule has 1 heterocycles. The second kappa shape index (κ2) is 4.94. The Hall–Kier alpha value is -0.990. The molecule has 0 aliphatic carbocycles. The average molecular weight is 369 g/mol. The summed E-state index contributed by atoms with van der Waals surface area (Å²) in [6.45, 7) is 0.225. The molecule has 0 saturated carbocycles. The first-order valence-corrected chi connectivity index (χ1v) is 6.43. The molecule has 98 valence electrons. The summed E-state index contributed by atoms with van der Waals surface area (Å²) < 4.78 is 38.9. The molecule has 2 rings (SSSR count).